The molecule has 0 bridgehead atoms. The largest absolute Gasteiger partial charge is 0.495 e. The van der Waals surface area contributed by atoms with Crippen molar-refractivity contribution in [3.8, 4) is 11.5 Å². The Labute approximate surface area is 165 Å². The molecule has 1 heterocycles. The van der Waals surface area contributed by atoms with Crippen LogP contribution in [0.5, 0.6) is 11.5 Å². The third-order valence-electron chi connectivity index (χ3n) is 3.72. The van der Waals surface area contributed by atoms with Gasteiger partial charge >= 0.3 is 5.97 Å². The molecule has 6 nitrogen and oxygen atoms in total. The highest BCUT2D eigenvalue weighted by molar-refractivity contribution is 6.31. The quantitative estimate of drug-likeness (QED) is 0.759. The third kappa shape index (κ3) is 4.72. The van der Waals surface area contributed by atoms with E-state index in [1.807, 2.05) is 0 Å². The monoisotopic (exact) mass is 407 g/mol. The lowest BCUT2D eigenvalue weighted by Gasteiger charge is -2.17. The molecule has 3 rings (SSSR count). The van der Waals surface area contributed by atoms with Crippen LogP contribution in [0.3, 0.4) is 0 Å². The molecule has 0 saturated heterocycles. The number of amides is 1. The minimum atomic E-state index is -0.645. The summed E-state index contributed by atoms with van der Waals surface area (Å²) in [6, 6.07) is 9.90. The number of fused-ring (bicyclic) bond motifs is 1. The van der Waals surface area contributed by atoms with Crippen LogP contribution in [-0.2, 0) is 14.3 Å². The normalized spacial score (nSPS) is 12.3. The zero-order valence-corrected chi connectivity index (χ0v) is 15.8. The number of hydrogen-bond donors (Lipinski definition) is 1. The van der Waals surface area contributed by atoms with Gasteiger partial charge in [-0.2, -0.15) is 0 Å². The highest BCUT2D eigenvalue weighted by Crippen LogP contribution is 2.29. The van der Waals surface area contributed by atoms with Gasteiger partial charge in [0.15, 0.2) is 6.61 Å². The second kappa shape index (κ2) is 8.33. The van der Waals surface area contributed by atoms with E-state index in [0.29, 0.717) is 32.8 Å². The lowest BCUT2D eigenvalue weighted by atomic mass is 10.1. The van der Waals surface area contributed by atoms with Crippen LogP contribution in [0.4, 0.5) is 5.69 Å². The molecule has 0 atom stereocenters. The summed E-state index contributed by atoms with van der Waals surface area (Å²) in [5.74, 6) is -0.101. The molecule has 0 fully saturated rings. The van der Waals surface area contributed by atoms with Gasteiger partial charge in [0.25, 0.3) is 5.91 Å². The fraction of sp³-hybridized carbons (Fsp3) is 0.158. The molecule has 1 N–H and O–H groups in total. The van der Waals surface area contributed by atoms with Crippen molar-refractivity contribution in [1.82, 2.24) is 0 Å². The molecular formula is C19H15Cl2NO5. The molecule has 27 heavy (non-hydrogen) atoms. The molecule has 2 aromatic rings. The van der Waals surface area contributed by atoms with Crippen molar-refractivity contribution in [3.05, 3.63) is 57.6 Å². The topological polar surface area (TPSA) is 73.9 Å². The lowest BCUT2D eigenvalue weighted by molar-refractivity contribution is -0.143. The van der Waals surface area contributed by atoms with Crippen molar-refractivity contribution >= 4 is 46.8 Å². The second-order valence-electron chi connectivity index (χ2n) is 5.61. The van der Waals surface area contributed by atoms with Gasteiger partial charge in [0.05, 0.1) is 18.4 Å². The van der Waals surface area contributed by atoms with Crippen LogP contribution < -0.4 is 14.8 Å². The molecule has 8 heteroatoms. The predicted octanol–water partition coefficient (Wildman–Crippen LogP) is 3.96. The first kappa shape index (κ1) is 19.1. The van der Waals surface area contributed by atoms with Crippen molar-refractivity contribution in [1.29, 1.82) is 0 Å². The molecule has 1 aliphatic rings. The van der Waals surface area contributed by atoms with E-state index in [-0.39, 0.29) is 12.2 Å². The van der Waals surface area contributed by atoms with Crippen LogP contribution in [0.25, 0.3) is 6.08 Å². The predicted molar refractivity (Wildman–Crippen MR) is 103 cm³/mol. The molecule has 2 aromatic carbocycles. The minimum Gasteiger partial charge on any atom is -0.495 e. The zero-order valence-electron chi connectivity index (χ0n) is 14.3. The number of ether oxygens (including phenoxy) is 3. The number of methoxy groups -OCH3 is 1. The van der Waals surface area contributed by atoms with E-state index in [0.717, 1.165) is 0 Å². The molecule has 0 unspecified atom stereocenters. The van der Waals surface area contributed by atoms with E-state index in [2.05, 4.69) is 5.32 Å². The molecule has 1 amide bonds. The van der Waals surface area contributed by atoms with Crippen LogP contribution in [0.15, 0.2) is 42.0 Å². The van der Waals surface area contributed by atoms with Crippen LogP contribution in [0.1, 0.15) is 5.56 Å². The molecule has 140 valence electrons. The van der Waals surface area contributed by atoms with Gasteiger partial charge in [-0.25, -0.2) is 4.79 Å². The summed E-state index contributed by atoms with van der Waals surface area (Å²) in [6.45, 7) is -0.411. The molecule has 0 saturated carbocycles. The number of benzene rings is 2. The highest BCUT2D eigenvalue weighted by Gasteiger charge is 2.20. The maximum absolute atomic E-state index is 12.2. The SMILES string of the molecule is COc1ccc(Cl)cc1NC(=O)COC(=O)C1=Cc2cc(Cl)ccc2OC1. The summed E-state index contributed by atoms with van der Waals surface area (Å²) >= 11 is 11.9. The Morgan fingerprint density at radius 3 is 2.67 bits per heavy atom. The summed E-state index contributed by atoms with van der Waals surface area (Å²) < 4.78 is 15.7. The van der Waals surface area contributed by atoms with Crippen molar-refractivity contribution in [3.63, 3.8) is 0 Å². The Morgan fingerprint density at radius 2 is 1.89 bits per heavy atom. The van der Waals surface area contributed by atoms with Crippen molar-refractivity contribution < 1.29 is 23.8 Å². The minimum absolute atomic E-state index is 0.0528. The van der Waals surface area contributed by atoms with E-state index in [1.54, 1.807) is 36.4 Å². The first-order valence-corrected chi connectivity index (χ1v) is 8.65. The Balaban J connectivity index is 1.61. The average Bonchev–Trinajstić information content (AvgIpc) is 2.65. The van der Waals surface area contributed by atoms with E-state index in [9.17, 15) is 9.59 Å². The van der Waals surface area contributed by atoms with E-state index >= 15 is 0 Å². The number of hydrogen-bond acceptors (Lipinski definition) is 5. The number of anilines is 1. The standard InChI is InChI=1S/C19H15Cl2NO5/c1-25-17-5-3-14(21)8-15(17)22-18(23)10-27-19(24)12-6-11-7-13(20)2-4-16(11)26-9-12/h2-8H,9-10H2,1H3,(H,22,23). The van der Waals surface area contributed by atoms with Crippen LogP contribution in [0, 0.1) is 0 Å². The molecule has 1 aliphatic heterocycles. The van der Waals surface area contributed by atoms with Gasteiger partial charge in [-0.1, -0.05) is 23.2 Å². The summed E-state index contributed by atoms with van der Waals surface area (Å²) in [6.07, 6.45) is 1.63. The van der Waals surface area contributed by atoms with Crippen molar-refractivity contribution in [2.24, 2.45) is 0 Å². The van der Waals surface area contributed by atoms with Gasteiger partial charge in [-0.15, -0.1) is 0 Å². The molecular weight excluding hydrogens is 393 g/mol. The van der Waals surface area contributed by atoms with Gasteiger partial charge < -0.3 is 19.5 Å². The maximum atomic E-state index is 12.2. The number of nitrogens with one attached hydrogen (secondary N) is 1. The second-order valence-corrected chi connectivity index (χ2v) is 6.48. The molecule has 0 spiro atoms. The average molecular weight is 408 g/mol. The number of esters is 1. The lowest BCUT2D eigenvalue weighted by Crippen LogP contribution is -2.24. The Morgan fingerprint density at radius 1 is 1.15 bits per heavy atom. The van der Waals surface area contributed by atoms with Gasteiger partial charge in [0, 0.05) is 15.6 Å². The maximum Gasteiger partial charge on any atom is 0.338 e. The highest BCUT2D eigenvalue weighted by atomic mass is 35.5. The van der Waals surface area contributed by atoms with Gasteiger partial charge in [0.2, 0.25) is 0 Å². The van der Waals surface area contributed by atoms with Crippen LogP contribution >= 0.6 is 23.2 Å². The van der Waals surface area contributed by atoms with Crippen LogP contribution in [-0.4, -0.2) is 32.2 Å². The van der Waals surface area contributed by atoms with E-state index < -0.39 is 18.5 Å². The van der Waals surface area contributed by atoms with Crippen molar-refractivity contribution in [2.75, 3.05) is 25.6 Å². The Hall–Kier alpha value is -2.70. The van der Waals surface area contributed by atoms with Gasteiger partial charge in [-0.3, -0.25) is 4.79 Å². The van der Waals surface area contributed by atoms with E-state index in [4.69, 9.17) is 37.4 Å². The third-order valence-corrected chi connectivity index (χ3v) is 4.19. The van der Waals surface area contributed by atoms with E-state index in [1.165, 1.54) is 13.2 Å². The first-order chi connectivity index (χ1) is 13.0. The van der Waals surface area contributed by atoms with Crippen molar-refractivity contribution in [2.45, 2.75) is 0 Å². The summed E-state index contributed by atoms with van der Waals surface area (Å²) in [5, 5.41) is 3.55. The number of halogens is 2. The fourth-order valence-corrected chi connectivity index (χ4v) is 2.81. The van der Waals surface area contributed by atoms with Gasteiger partial charge in [-0.05, 0) is 42.5 Å². The first-order valence-electron chi connectivity index (χ1n) is 7.89. The Bertz CT molecular complexity index is 926. The summed E-state index contributed by atoms with van der Waals surface area (Å²) in [5.41, 5.74) is 1.35. The fourth-order valence-electron chi connectivity index (χ4n) is 2.45. The van der Waals surface area contributed by atoms with Gasteiger partial charge in [0.1, 0.15) is 18.1 Å². The molecule has 0 aliphatic carbocycles. The summed E-state index contributed by atoms with van der Waals surface area (Å²) in [7, 11) is 1.47. The van der Waals surface area contributed by atoms with Crippen LogP contribution in [0.2, 0.25) is 10.0 Å². The number of rotatable bonds is 5. The summed E-state index contributed by atoms with van der Waals surface area (Å²) in [4.78, 5) is 24.3. The Kier molecular flexibility index (Phi) is 5.88. The zero-order chi connectivity index (χ0) is 19.4. The number of carbonyl (C=O) groups excluding carboxylic acids is 2. The smallest absolute Gasteiger partial charge is 0.338 e. The molecule has 0 radical (unpaired) electrons. The molecule has 0 aromatic heterocycles. The number of carbonyl (C=O) groups is 2.